The highest BCUT2D eigenvalue weighted by atomic mass is 35.5. The van der Waals surface area contributed by atoms with Gasteiger partial charge in [0.1, 0.15) is 0 Å². The van der Waals surface area contributed by atoms with Crippen molar-refractivity contribution in [3.8, 4) is 11.5 Å². The Morgan fingerprint density at radius 3 is 2.80 bits per heavy atom. The molecule has 0 radical (unpaired) electrons. The summed E-state index contributed by atoms with van der Waals surface area (Å²) in [6.07, 6.45) is 1.91. The molecule has 0 N–H and O–H groups in total. The van der Waals surface area contributed by atoms with Gasteiger partial charge in [-0.1, -0.05) is 23.2 Å². The fourth-order valence-corrected chi connectivity index (χ4v) is 1.50. The molecule has 1 heterocycles. The van der Waals surface area contributed by atoms with Crippen molar-refractivity contribution < 1.29 is 9.21 Å². The summed E-state index contributed by atoms with van der Waals surface area (Å²) in [6.45, 7) is 0. The molecule has 0 amide bonds. The number of aromatic nitrogens is 1. The molecule has 1 aromatic carbocycles. The number of nitrogens with zero attached hydrogens (tertiary/aromatic N) is 1. The average molecular weight is 242 g/mol. The van der Waals surface area contributed by atoms with Crippen LogP contribution in [0.2, 0.25) is 10.0 Å². The first-order chi connectivity index (χ1) is 7.20. The molecule has 0 unspecified atom stereocenters. The minimum Gasteiger partial charge on any atom is -0.433 e. The molecule has 3 nitrogen and oxygen atoms in total. The molecule has 2 aromatic rings. The zero-order valence-corrected chi connectivity index (χ0v) is 8.92. The second-order valence-electron chi connectivity index (χ2n) is 2.81. The highest BCUT2D eigenvalue weighted by molar-refractivity contribution is 6.35. The lowest BCUT2D eigenvalue weighted by atomic mass is 10.2. The molecule has 1 aromatic heterocycles. The van der Waals surface area contributed by atoms with Gasteiger partial charge in [0.05, 0.1) is 16.8 Å². The maximum atomic E-state index is 10.4. The Bertz CT molecular complexity index is 508. The number of hydrogen-bond acceptors (Lipinski definition) is 3. The second-order valence-corrected chi connectivity index (χ2v) is 3.65. The van der Waals surface area contributed by atoms with Crippen LogP contribution in [0.3, 0.4) is 0 Å². The van der Waals surface area contributed by atoms with Crippen LogP contribution in [0.5, 0.6) is 0 Å². The van der Waals surface area contributed by atoms with Gasteiger partial charge in [0.2, 0.25) is 5.89 Å². The van der Waals surface area contributed by atoms with Crippen LogP contribution in [0.1, 0.15) is 10.6 Å². The van der Waals surface area contributed by atoms with Gasteiger partial charge in [-0.25, -0.2) is 4.98 Å². The molecule has 15 heavy (non-hydrogen) atoms. The van der Waals surface area contributed by atoms with E-state index in [0.29, 0.717) is 21.9 Å². The minimum atomic E-state index is 0.154. The fourth-order valence-electron chi connectivity index (χ4n) is 1.13. The maximum absolute atomic E-state index is 10.4. The molecule has 2 rings (SSSR count). The van der Waals surface area contributed by atoms with Gasteiger partial charge < -0.3 is 4.42 Å². The van der Waals surface area contributed by atoms with E-state index in [-0.39, 0.29) is 11.7 Å². The van der Waals surface area contributed by atoms with Crippen LogP contribution in [-0.2, 0) is 0 Å². The number of halogens is 2. The molecule has 0 bridgehead atoms. The van der Waals surface area contributed by atoms with E-state index in [0.717, 1.165) is 0 Å². The normalized spacial score (nSPS) is 10.3. The van der Waals surface area contributed by atoms with E-state index < -0.39 is 0 Å². The Balaban J connectivity index is 2.52. The monoisotopic (exact) mass is 241 g/mol. The SMILES string of the molecule is O=Cc1cnc(-c2cc(Cl)ccc2Cl)o1. The summed E-state index contributed by atoms with van der Waals surface area (Å²) in [7, 11) is 0. The largest absolute Gasteiger partial charge is 0.433 e. The van der Waals surface area contributed by atoms with Crippen molar-refractivity contribution in [2.45, 2.75) is 0 Å². The molecule has 0 saturated carbocycles. The van der Waals surface area contributed by atoms with Gasteiger partial charge in [-0.15, -0.1) is 0 Å². The van der Waals surface area contributed by atoms with Crippen LogP contribution in [0, 0.1) is 0 Å². The number of rotatable bonds is 2. The van der Waals surface area contributed by atoms with Crippen molar-refractivity contribution >= 4 is 29.5 Å². The third kappa shape index (κ3) is 2.03. The molecule has 0 fully saturated rings. The Hall–Kier alpha value is -1.32. The summed E-state index contributed by atoms with van der Waals surface area (Å²) >= 11 is 11.7. The number of oxazole rings is 1. The number of hydrogen-bond donors (Lipinski definition) is 0. The van der Waals surface area contributed by atoms with Crippen LogP contribution < -0.4 is 0 Å². The van der Waals surface area contributed by atoms with E-state index in [4.69, 9.17) is 27.6 Å². The molecule has 5 heteroatoms. The van der Waals surface area contributed by atoms with E-state index in [2.05, 4.69) is 4.98 Å². The lowest BCUT2D eigenvalue weighted by molar-refractivity contribution is 0.110. The predicted octanol–water partition coefficient (Wildman–Crippen LogP) is 3.46. The van der Waals surface area contributed by atoms with Gasteiger partial charge in [-0.2, -0.15) is 0 Å². The summed E-state index contributed by atoms with van der Waals surface area (Å²) in [5.74, 6) is 0.436. The van der Waals surface area contributed by atoms with Gasteiger partial charge >= 0.3 is 0 Å². The highest BCUT2D eigenvalue weighted by Gasteiger charge is 2.10. The molecule has 0 saturated heterocycles. The molecule has 0 atom stereocenters. The zero-order valence-electron chi connectivity index (χ0n) is 7.41. The first-order valence-corrected chi connectivity index (χ1v) is 4.83. The van der Waals surface area contributed by atoms with Crippen molar-refractivity contribution in [3.05, 3.63) is 40.2 Å². The molecular weight excluding hydrogens is 237 g/mol. The molecule has 0 aliphatic heterocycles. The average Bonchev–Trinajstić information content (AvgIpc) is 2.70. The van der Waals surface area contributed by atoms with Gasteiger partial charge in [0, 0.05) is 5.02 Å². The molecule has 76 valence electrons. The van der Waals surface area contributed by atoms with Crippen LogP contribution in [0.15, 0.2) is 28.8 Å². The quantitative estimate of drug-likeness (QED) is 0.757. The van der Waals surface area contributed by atoms with Crippen molar-refractivity contribution in [2.75, 3.05) is 0 Å². The van der Waals surface area contributed by atoms with Crippen molar-refractivity contribution in [1.29, 1.82) is 0 Å². The number of carbonyl (C=O) groups excluding carboxylic acids is 1. The lowest BCUT2D eigenvalue weighted by Gasteiger charge is -1.99. The van der Waals surface area contributed by atoms with Crippen LogP contribution in [0.4, 0.5) is 0 Å². The van der Waals surface area contributed by atoms with Crippen LogP contribution >= 0.6 is 23.2 Å². The zero-order chi connectivity index (χ0) is 10.8. The molecule has 0 aliphatic carbocycles. The van der Waals surface area contributed by atoms with Gasteiger partial charge in [0.15, 0.2) is 12.0 Å². The third-order valence-corrected chi connectivity index (χ3v) is 2.36. The summed E-state index contributed by atoms with van der Waals surface area (Å²) in [6, 6.07) is 4.94. The van der Waals surface area contributed by atoms with Crippen molar-refractivity contribution in [1.82, 2.24) is 4.98 Å². The van der Waals surface area contributed by atoms with Gasteiger partial charge in [-0.3, -0.25) is 4.79 Å². The Kier molecular flexibility index (Phi) is 2.75. The molecule has 0 aliphatic rings. The van der Waals surface area contributed by atoms with Crippen LogP contribution in [-0.4, -0.2) is 11.3 Å². The molecule has 0 spiro atoms. The number of aldehydes is 1. The summed E-state index contributed by atoms with van der Waals surface area (Å²) in [4.78, 5) is 14.3. The topological polar surface area (TPSA) is 43.1 Å². The Morgan fingerprint density at radius 1 is 1.33 bits per heavy atom. The fraction of sp³-hybridized carbons (Fsp3) is 0. The summed E-state index contributed by atoms with van der Waals surface area (Å²) in [5.41, 5.74) is 0.567. The van der Waals surface area contributed by atoms with E-state index in [9.17, 15) is 4.79 Å². The standard InChI is InChI=1S/C10H5Cl2NO2/c11-6-1-2-9(12)8(3-6)10-13-4-7(5-14)15-10/h1-5H. The van der Waals surface area contributed by atoms with Crippen LogP contribution in [0.25, 0.3) is 11.5 Å². The first-order valence-electron chi connectivity index (χ1n) is 4.07. The van der Waals surface area contributed by atoms with Crippen molar-refractivity contribution in [2.24, 2.45) is 0 Å². The Morgan fingerprint density at radius 2 is 2.13 bits per heavy atom. The van der Waals surface area contributed by atoms with E-state index in [1.54, 1.807) is 18.2 Å². The highest BCUT2D eigenvalue weighted by Crippen LogP contribution is 2.29. The Labute approximate surface area is 95.6 Å². The summed E-state index contributed by atoms with van der Waals surface area (Å²) < 4.78 is 5.13. The third-order valence-electron chi connectivity index (χ3n) is 1.80. The minimum absolute atomic E-state index is 0.154. The second kappa shape index (κ2) is 4.04. The van der Waals surface area contributed by atoms with Crippen molar-refractivity contribution in [3.63, 3.8) is 0 Å². The maximum Gasteiger partial charge on any atom is 0.228 e. The predicted molar refractivity (Wildman–Crippen MR) is 57.3 cm³/mol. The number of benzene rings is 1. The lowest BCUT2D eigenvalue weighted by Crippen LogP contribution is -1.79. The van der Waals surface area contributed by atoms with E-state index in [1.165, 1.54) is 6.20 Å². The van der Waals surface area contributed by atoms with E-state index >= 15 is 0 Å². The van der Waals surface area contributed by atoms with E-state index in [1.807, 2.05) is 0 Å². The molecular formula is C10H5Cl2NO2. The smallest absolute Gasteiger partial charge is 0.228 e. The number of carbonyl (C=O) groups is 1. The summed E-state index contributed by atoms with van der Waals surface area (Å²) in [5, 5.41) is 0.999. The van der Waals surface area contributed by atoms with Gasteiger partial charge in [0.25, 0.3) is 0 Å². The van der Waals surface area contributed by atoms with Gasteiger partial charge in [-0.05, 0) is 18.2 Å². The first kappa shape index (κ1) is 10.2.